The number of anilines is 1. The summed E-state index contributed by atoms with van der Waals surface area (Å²) in [5, 5.41) is 3.01. The predicted molar refractivity (Wildman–Crippen MR) is 96.8 cm³/mol. The maximum absolute atomic E-state index is 12.9. The second-order valence-electron chi connectivity index (χ2n) is 5.86. The molecule has 0 saturated heterocycles. The lowest BCUT2D eigenvalue weighted by Crippen LogP contribution is -2.26. The van der Waals surface area contributed by atoms with E-state index in [1.807, 2.05) is 30.3 Å². The second-order valence-corrected chi connectivity index (χ2v) is 5.86. The topological polar surface area (TPSA) is 47.6 Å². The molecule has 0 fully saturated rings. The van der Waals surface area contributed by atoms with Gasteiger partial charge in [0.2, 0.25) is 5.91 Å². The van der Waals surface area contributed by atoms with E-state index < -0.39 is 0 Å². The first-order valence-corrected chi connectivity index (χ1v) is 8.17. The SMILES string of the molecule is CC[C@@H](C)[C@@H](C(=O)Nc1cc(OC)cc(OC)c1)c1ccccc1. The molecule has 0 bridgehead atoms. The molecule has 2 atom stereocenters. The van der Waals surface area contributed by atoms with Gasteiger partial charge in [-0.1, -0.05) is 50.6 Å². The van der Waals surface area contributed by atoms with Crippen molar-refractivity contribution in [2.45, 2.75) is 26.2 Å². The summed E-state index contributed by atoms with van der Waals surface area (Å²) in [7, 11) is 3.18. The van der Waals surface area contributed by atoms with Crippen molar-refractivity contribution in [2.24, 2.45) is 5.92 Å². The van der Waals surface area contributed by atoms with Crippen molar-refractivity contribution in [3.05, 3.63) is 54.1 Å². The van der Waals surface area contributed by atoms with Crippen molar-refractivity contribution >= 4 is 11.6 Å². The molecule has 0 aliphatic carbocycles. The highest BCUT2D eigenvalue weighted by atomic mass is 16.5. The van der Waals surface area contributed by atoms with E-state index in [4.69, 9.17) is 9.47 Å². The van der Waals surface area contributed by atoms with Gasteiger partial charge in [0.25, 0.3) is 0 Å². The molecule has 1 N–H and O–H groups in total. The molecule has 0 unspecified atom stereocenters. The summed E-state index contributed by atoms with van der Waals surface area (Å²) in [6.45, 7) is 4.20. The third kappa shape index (κ3) is 4.28. The lowest BCUT2D eigenvalue weighted by atomic mass is 9.85. The molecule has 0 aliphatic rings. The monoisotopic (exact) mass is 327 g/mol. The highest BCUT2D eigenvalue weighted by Crippen LogP contribution is 2.30. The Labute approximate surface area is 143 Å². The molecular formula is C20H25NO3. The zero-order chi connectivity index (χ0) is 17.5. The van der Waals surface area contributed by atoms with E-state index in [1.54, 1.807) is 32.4 Å². The predicted octanol–water partition coefficient (Wildman–Crippen LogP) is 4.47. The molecule has 4 nitrogen and oxygen atoms in total. The fraction of sp³-hybridized carbons (Fsp3) is 0.350. The molecule has 0 saturated carbocycles. The van der Waals surface area contributed by atoms with Gasteiger partial charge in [-0.3, -0.25) is 4.79 Å². The smallest absolute Gasteiger partial charge is 0.232 e. The quantitative estimate of drug-likeness (QED) is 0.816. The number of hydrogen-bond donors (Lipinski definition) is 1. The molecule has 1 amide bonds. The second kappa shape index (κ2) is 8.39. The number of hydrogen-bond acceptors (Lipinski definition) is 3. The van der Waals surface area contributed by atoms with Gasteiger partial charge in [-0.2, -0.15) is 0 Å². The van der Waals surface area contributed by atoms with Gasteiger partial charge in [-0.15, -0.1) is 0 Å². The van der Waals surface area contributed by atoms with Crippen LogP contribution in [0.4, 0.5) is 5.69 Å². The van der Waals surface area contributed by atoms with Crippen LogP contribution in [0.5, 0.6) is 11.5 Å². The van der Waals surface area contributed by atoms with Crippen LogP contribution in [-0.2, 0) is 4.79 Å². The Kier molecular flexibility index (Phi) is 6.24. The van der Waals surface area contributed by atoms with Crippen LogP contribution in [0.25, 0.3) is 0 Å². The Bertz CT molecular complexity index is 648. The van der Waals surface area contributed by atoms with Crippen LogP contribution in [0.2, 0.25) is 0 Å². The van der Waals surface area contributed by atoms with E-state index in [1.165, 1.54) is 0 Å². The standard InChI is InChI=1S/C20H25NO3/c1-5-14(2)19(15-9-7-6-8-10-15)20(22)21-16-11-17(23-3)13-18(12-16)24-4/h6-14,19H,5H2,1-4H3,(H,21,22)/t14-,19-/m1/s1. The van der Waals surface area contributed by atoms with Gasteiger partial charge < -0.3 is 14.8 Å². The van der Waals surface area contributed by atoms with E-state index in [0.29, 0.717) is 17.2 Å². The van der Waals surface area contributed by atoms with Crippen molar-refractivity contribution in [1.29, 1.82) is 0 Å². The Morgan fingerprint density at radius 3 is 2.12 bits per heavy atom. The summed E-state index contributed by atoms with van der Waals surface area (Å²) in [6.07, 6.45) is 0.925. The lowest BCUT2D eigenvalue weighted by molar-refractivity contribution is -0.118. The Hall–Kier alpha value is -2.49. The van der Waals surface area contributed by atoms with Crippen molar-refractivity contribution in [2.75, 3.05) is 19.5 Å². The summed E-state index contributed by atoms with van der Waals surface area (Å²) in [5.41, 5.74) is 1.69. The average molecular weight is 327 g/mol. The fourth-order valence-electron chi connectivity index (χ4n) is 2.73. The molecule has 24 heavy (non-hydrogen) atoms. The zero-order valence-electron chi connectivity index (χ0n) is 14.7. The van der Waals surface area contributed by atoms with Crippen LogP contribution < -0.4 is 14.8 Å². The lowest BCUT2D eigenvalue weighted by Gasteiger charge is -2.23. The highest BCUT2D eigenvalue weighted by Gasteiger charge is 2.26. The van der Waals surface area contributed by atoms with E-state index in [9.17, 15) is 4.79 Å². The van der Waals surface area contributed by atoms with Crippen LogP contribution in [0.3, 0.4) is 0 Å². The molecular weight excluding hydrogens is 302 g/mol. The first-order chi connectivity index (χ1) is 11.6. The fourth-order valence-corrected chi connectivity index (χ4v) is 2.73. The third-order valence-corrected chi connectivity index (χ3v) is 4.27. The Morgan fingerprint density at radius 1 is 1.04 bits per heavy atom. The van der Waals surface area contributed by atoms with E-state index >= 15 is 0 Å². The molecule has 2 aromatic rings. The summed E-state index contributed by atoms with van der Waals surface area (Å²) in [5.74, 6) is 1.30. The molecule has 4 heteroatoms. The van der Waals surface area contributed by atoms with Crippen molar-refractivity contribution in [1.82, 2.24) is 0 Å². The number of methoxy groups -OCH3 is 2. The van der Waals surface area contributed by atoms with Crippen LogP contribution >= 0.6 is 0 Å². The number of amides is 1. The van der Waals surface area contributed by atoms with Gasteiger partial charge in [0, 0.05) is 23.9 Å². The van der Waals surface area contributed by atoms with Gasteiger partial charge in [0.05, 0.1) is 20.1 Å². The highest BCUT2D eigenvalue weighted by molar-refractivity contribution is 5.96. The number of carbonyl (C=O) groups is 1. The molecule has 2 aromatic carbocycles. The number of ether oxygens (including phenoxy) is 2. The summed E-state index contributed by atoms with van der Waals surface area (Å²) in [6, 6.07) is 15.3. The van der Waals surface area contributed by atoms with E-state index in [-0.39, 0.29) is 17.7 Å². The van der Waals surface area contributed by atoms with Gasteiger partial charge in [0.15, 0.2) is 0 Å². The first-order valence-electron chi connectivity index (χ1n) is 8.17. The van der Waals surface area contributed by atoms with Gasteiger partial charge in [-0.25, -0.2) is 0 Å². The summed E-state index contributed by atoms with van der Waals surface area (Å²) in [4.78, 5) is 12.9. The number of carbonyl (C=O) groups excluding carboxylic acids is 1. The van der Waals surface area contributed by atoms with Gasteiger partial charge in [-0.05, 0) is 11.5 Å². The summed E-state index contributed by atoms with van der Waals surface area (Å²) < 4.78 is 10.5. The maximum atomic E-state index is 12.9. The summed E-state index contributed by atoms with van der Waals surface area (Å²) >= 11 is 0. The van der Waals surface area contributed by atoms with Crippen LogP contribution in [-0.4, -0.2) is 20.1 Å². The minimum Gasteiger partial charge on any atom is -0.497 e. The van der Waals surface area contributed by atoms with Crippen LogP contribution in [0.1, 0.15) is 31.7 Å². The van der Waals surface area contributed by atoms with Crippen LogP contribution in [0, 0.1) is 5.92 Å². The molecule has 0 aromatic heterocycles. The normalized spacial score (nSPS) is 13.0. The molecule has 128 valence electrons. The minimum absolute atomic E-state index is 0.0224. The molecule has 0 aliphatic heterocycles. The number of benzene rings is 2. The average Bonchev–Trinajstić information content (AvgIpc) is 2.62. The zero-order valence-corrected chi connectivity index (χ0v) is 14.7. The molecule has 0 spiro atoms. The van der Waals surface area contributed by atoms with Crippen LogP contribution in [0.15, 0.2) is 48.5 Å². The third-order valence-electron chi connectivity index (χ3n) is 4.27. The molecule has 0 radical (unpaired) electrons. The van der Waals surface area contributed by atoms with Crippen molar-refractivity contribution < 1.29 is 14.3 Å². The van der Waals surface area contributed by atoms with E-state index in [2.05, 4.69) is 19.2 Å². The minimum atomic E-state index is -0.201. The van der Waals surface area contributed by atoms with Gasteiger partial charge in [0.1, 0.15) is 11.5 Å². The number of rotatable bonds is 7. The molecule has 2 rings (SSSR count). The Balaban J connectivity index is 2.28. The van der Waals surface area contributed by atoms with E-state index in [0.717, 1.165) is 12.0 Å². The first kappa shape index (κ1) is 17.9. The number of nitrogens with one attached hydrogen (secondary N) is 1. The molecule has 0 heterocycles. The Morgan fingerprint density at radius 2 is 1.62 bits per heavy atom. The maximum Gasteiger partial charge on any atom is 0.232 e. The van der Waals surface area contributed by atoms with Crippen molar-refractivity contribution in [3.8, 4) is 11.5 Å². The van der Waals surface area contributed by atoms with Gasteiger partial charge >= 0.3 is 0 Å². The van der Waals surface area contributed by atoms with Crippen molar-refractivity contribution in [3.63, 3.8) is 0 Å². The largest absolute Gasteiger partial charge is 0.497 e.